The SMILES string of the molecule is COc1cc([N+](=O)[O-])ccc1N1C(=O)[C@@H]2C3c4ccccc4C(/C=N\N4C(=O)[C@H]5[C@H](C4=O)[C@H]4C=C[C@H]5CC4)(c4ccccc43)[C@H]2C1=O. The smallest absolute Gasteiger partial charge is 0.273 e. The van der Waals surface area contributed by atoms with Crippen LogP contribution in [0.25, 0.3) is 0 Å². The van der Waals surface area contributed by atoms with Gasteiger partial charge < -0.3 is 4.74 Å². The quantitative estimate of drug-likeness (QED) is 0.135. The van der Waals surface area contributed by atoms with Crippen LogP contribution >= 0.6 is 0 Å². The fourth-order valence-electron chi connectivity index (χ4n) is 9.57. The van der Waals surface area contributed by atoms with Crippen molar-refractivity contribution in [3.8, 4) is 5.75 Å². The lowest BCUT2D eigenvalue weighted by molar-refractivity contribution is -0.384. The van der Waals surface area contributed by atoms with Gasteiger partial charge in [-0.15, -0.1) is 0 Å². The third-order valence-corrected chi connectivity index (χ3v) is 11.4. The van der Waals surface area contributed by atoms with E-state index in [0.29, 0.717) is 0 Å². The number of carbonyl (C=O) groups is 4. The van der Waals surface area contributed by atoms with Crippen LogP contribution < -0.4 is 9.64 Å². The van der Waals surface area contributed by atoms with Crippen molar-refractivity contribution in [1.82, 2.24) is 5.01 Å². The molecule has 11 heteroatoms. The fourth-order valence-corrected chi connectivity index (χ4v) is 9.57. The summed E-state index contributed by atoms with van der Waals surface area (Å²) >= 11 is 0. The van der Waals surface area contributed by atoms with E-state index in [-0.39, 0.29) is 40.8 Å². The number of methoxy groups -OCH3 is 1. The first-order chi connectivity index (χ1) is 22.8. The molecule has 3 fully saturated rings. The maximum atomic E-state index is 14.8. The van der Waals surface area contributed by atoms with Gasteiger partial charge in [0.1, 0.15) is 5.75 Å². The van der Waals surface area contributed by atoms with Gasteiger partial charge in [-0.25, -0.2) is 4.90 Å². The molecule has 11 nitrogen and oxygen atoms in total. The van der Waals surface area contributed by atoms with Crippen LogP contribution in [0.1, 0.15) is 41.0 Å². The molecule has 3 aromatic carbocycles. The third-order valence-electron chi connectivity index (χ3n) is 11.4. The van der Waals surface area contributed by atoms with Gasteiger partial charge in [-0.2, -0.15) is 10.1 Å². The van der Waals surface area contributed by atoms with Crippen LogP contribution in [0, 0.1) is 45.6 Å². The number of hydrogen-bond donors (Lipinski definition) is 0. The molecule has 4 amide bonds. The molecule has 0 spiro atoms. The Hall–Kier alpha value is -5.45. The van der Waals surface area contributed by atoms with Crippen LogP contribution in [0.15, 0.2) is 84.0 Å². The molecule has 8 aliphatic rings. The van der Waals surface area contributed by atoms with E-state index in [0.717, 1.165) is 45.0 Å². The molecular weight excluding hydrogens is 600 g/mol. The Morgan fingerprint density at radius 2 is 1.43 bits per heavy atom. The van der Waals surface area contributed by atoms with Crippen molar-refractivity contribution in [1.29, 1.82) is 0 Å². The van der Waals surface area contributed by atoms with Crippen molar-refractivity contribution in [2.24, 2.45) is 40.6 Å². The first-order valence-corrected chi connectivity index (χ1v) is 15.8. The second-order valence-electron chi connectivity index (χ2n) is 13.2. The summed E-state index contributed by atoms with van der Waals surface area (Å²) in [6, 6.07) is 19.1. The van der Waals surface area contributed by atoms with E-state index >= 15 is 0 Å². The number of nitro groups is 1. The monoisotopic (exact) mass is 628 g/mol. The van der Waals surface area contributed by atoms with Crippen LogP contribution in [-0.4, -0.2) is 46.9 Å². The van der Waals surface area contributed by atoms with Gasteiger partial charge in [0.15, 0.2) is 0 Å². The zero-order valence-corrected chi connectivity index (χ0v) is 25.2. The molecular formula is C36H28N4O7. The van der Waals surface area contributed by atoms with Crippen LogP contribution in [0.3, 0.4) is 0 Å². The predicted molar refractivity (Wildman–Crippen MR) is 167 cm³/mol. The average Bonchev–Trinajstić information content (AvgIpc) is 3.53. The Kier molecular flexibility index (Phi) is 5.65. The zero-order chi connectivity index (χ0) is 32.4. The first kappa shape index (κ1) is 27.8. The Labute approximate surface area is 268 Å². The second-order valence-corrected chi connectivity index (χ2v) is 13.2. The number of benzene rings is 3. The van der Waals surface area contributed by atoms with Gasteiger partial charge in [0, 0.05) is 18.2 Å². The van der Waals surface area contributed by atoms with E-state index in [2.05, 4.69) is 17.3 Å². The van der Waals surface area contributed by atoms with E-state index in [1.807, 2.05) is 48.5 Å². The number of nitro benzene ring substituents is 1. The average molecular weight is 629 g/mol. The lowest BCUT2D eigenvalue weighted by Gasteiger charge is -2.52. The summed E-state index contributed by atoms with van der Waals surface area (Å²) in [6.45, 7) is 0. The molecule has 2 saturated heterocycles. The number of allylic oxidation sites excluding steroid dienone is 2. The molecule has 6 aliphatic carbocycles. The van der Waals surface area contributed by atoms with E-state index in [1.165, 1.54) is 25.3 Å². The summed E-state index contributed by atoms with van der Waals surface area (Å²) in [7, 11) is 1.33. The topological polar surface area (TPSA) is 139 Å². The minimum Gasteiger partial charge on any atom is -0.494 e. The van der Waals surface area contributed by atoms with Gasteiger partial charge in [0.25, 0.3) is 17.5 Å². The van der Waals surface area contributed by atoms with E-state index in [4.69, 9.17) is 4.74 Å². The number of hydrazone groups is 1. The maximum absolute atomic E-state index is 14.8. The molecule has 6 atom stereocenters. The number of carbonyl (C=O) groups excluding carboxylic acids is 4. The number of imide groups is 2. The number of hydrogen-bond acceptors (Lipinski definition) is 8. The highest BCUT2D eigenvalue weighted by atomic mass is 16.6. The number of rotatable bonds is 5. The molecule has 47 heavy (non-hydrogen) atoms. The molecule has 2 aliphatic heterocycles. The van der Waals surface area contributed by atoms with Crippen molar-refractivity contribution >= 4 is 41.2 Å². The molecule has 3 aromatic rings. The highest BCUT2D eigenvalue weighted by Crippen LogP contribution is 2.64. The summed E-state index contributed by atoms with van der Waals surface area (Å²) in [5.41, 5.74) is 1.87. The van der Waals surface area contributed by atoms with Crippen molar-refractivity contribution in [2.75, 3.05) is 12.0 Å². The molecule has 0 radical (unpaired) electrons. The highest BCUT2D eigenvalue weighted by molar-refractivity contribution is 6.25. The molecule has 234 valence electrons. The first-order valence-electron chi connectivity index (χ1n) is 15.8. The fraction of sp³-hybridized carbons (Fsp3) is 0.306. The van der Waals surface area contributed by atoms with Gasteiger partial charge in [0.2, 0.25) is 11.8 Å². The Morgan fingerprint density at radius 3 is 1.98 bits per heavy atom. The van der Waals surface area contributed by atoms with E-state index < -0.39 is 51.7 Å². The summed E-state index contributed by atoms with van der Waals surface area (Å²) in [5.74, 6) is -4.79. The van der Waals surface area contributed by atoms with Crippen LogP contribution in [-0.2, 0) is 24.6 Å². The minimum atomic E-state index is -1.30. The molecule has 11 rings (SSSR count). The van der Waals surface area contributed by atoms with Crippen molar-refractivity contribution in [3.05, 3.63) is 111 Å². The van der Waals surface area contributed by atoms with Gasteiger partial charge in [-0.1, -0.05) is 60.7 Å². The van der Waals surface area contributed by atoms with Crippen molar-refractivity contribution in [3.63, 3.8) is 0 Å². The summed E-state index contributed by atoms with van der Waals surface area (Å²) < 4.78 is 5.46. The number of ether oxygens (including phenoxy) is 1. The van der Waals surface area contributed by atoms with E-state index in [9.17, 15) is 29.3 Å². The number of nitrogens with zero attached hydrogens (tertiary/aromatic N) is 4. The zero-order valence-electron chi connectivity index (χ0n) is 25.2. The number of amides is 4. The van der Waals surface area contributed by atoms with Crippen molar-refractivity contribution < 1.29 is 28.8 Å². The largest absolute Gasteiger partial charge is 0.494 e. The van der Waals surface area contributed by atoms with Crippen molar-refractivity contribution in [2.45, 2.75) is 24.2 Å². The molecule has 0 unspecified atom stereocenters. The highest BCUT2D eigenvalue weighted by Gasteiger charge is 2.68. The Morgan fingerprint density at radius 1 is 0.830 bits per heavy atom. The van der Waals surface area contributed by atoms with Crippen LogP contribution in [0.4, 0.5) is 11.4 Å². The second kappa shape index (κ2) is 9.54. The maximum Gasteiger partial charge on any atom is 0.273 e. The molecule has 0 N–H and O–H groups in total. The van der Waals surface area contributed by atoms with Gasteiger partial charge >= 0.3 is 0 Å². The summed E-state index contributed by atoms with van der Waals surface area (Å²) in [6.07, 6.45) is 7.37. The normalized spacial score (nSPS) is 32.6. The lowest BCUT2D eigenvalue weighted by Crippen LogP contribution is -2.55. The van der Waals surface area contributed by atoms with Gasteiger partial charge in [-0.05, 0) is 53.0 Å². The van der Waals surface area contributed by atoms with Crippen LogP contribution in [0.2, 0.25) is 0 Å². The van der Waals surface area contributed by atoms with Gasteiger partial charge in [0.05, 0.1) is 52.9 Å². The molecule has 2 heterocycles. The molecule has 4 bridgehead atoms. The lowest BCUT2D eigenvalue weighted by atomic mass is 9.47. The number of anilines is 1. The Bertz CT molecular complexity index is 1960. The van der Waals surface area contributed by atoms with Gasteiger partial charge in [-0.3, -0.25) is 29.3 Å². The summed E-state index contributed by atoms with van der Waals surface area (Å²) in [5, 5.41) is 17.2. The number of non-ortho nitro benzene ring substituents is 1. The van der Waals surface area contributed by atoms with E-state index in [1.54, 1.807) is 6.21 Å². The summed E-state index contributed by atoms with van der Waals surface area (Å²) in [4.78, 5) is 68.9. The number of fused-ring (bicyclic) bond motifs is 1. The Balaban J connectivity index is 1.23. The molecule has 1 saturated carbocycles. The molecule has 0 aromatic heterocycles. The standard InChI is InChI=1S/C36H28N4O7/c1-47-26-16-20(40(45)46)14-15-25(26)38-32(41)30-29-21-6-2-4-8-23(21)36(31(30)35(38)44,24-9-5-3-7-22(24)29)17-37-39-33(42)27-18-10-11-19(13-12-18)28(27)34(39)43/h2-11,14-19,27-31H,12-13H2,1H3/b37-17-/t18-,19-,27+,28+,29?,30+,31+,36?/m0/s1. The third kappa shape index (κ3) is 3.38. The minimum absolute atomic E-state index is 0.00460. The van der Waals surface area contributed by atoms with Crippen LogP contribution in [0.5, 0.6) is 5.75 Å². The predicted octanol–water partition coefficient (Wildman–Crippen LogP) is 4.34.